The van der Waals surface area contributed by atoms with Gasteiger partial charge >= 0.3 is 0 Å². The van der Waals surface area contributed by atoms with Gasteiger partial charge in [-0.1, -0.05) is 17.7 Å². The van der Waals surface area contributed by atoms with Crippen molar-refractivity contribution >= 4 is 15.9 Å². The molecule has 1 aliphatic rings. The van der Waals surface area contributed by atoms with Crippen LogP contribution in [-0.4, -0.2) is 55.8 Å². The quantitative estimate of drug-likeness (QED) is 0.731. The molecule has 0 N–H and O–H groups in total. The Morgan fingerprint density at radius 3 is 2.33 bits per heavy atom. The molecule has 1 aliphatic heterocycles. The zero-order valence-corrected chi connectivity index (χ0v) is 17.9. The smallest absolute Gasteiger partial charge is 0.263 e. The minimum absolute atomic E-state index is 0.186. The Morgan fingerprint density at radius 2 is 1.70 bits per heavy atom. The molecule has 1 fully saturated rings. The summed E-state index contributed by atoms with van der Waals surface area (Å²) in [7, 11) is -3.59. The standard InChI is InChI=1S/C22H25N3O4S/c1-17-4-10-21(11-5-17)30(27,28)25-13-3-12-24(14-15-25)22(26)18(2)29-20-8-6-19(16-23)7-9-20/h4-11,18H,3,12-15H2,1-2H3/t18-/m0/s1. The van der Waals surface area contributed by atoms with E-state index in [9.17, 15) is 13.2 Å². The number of carbonyl (C=O) groups excluding carboxylic acids is 1. The van der Waals surface area contributed by atoms with Crippen LogP contribution in [0.15, 0.2) is 53.4 Å². The maximum absolute atomic E-state index is 12.9. The van der Waals surface area contributed by atoms with Gasteiger partial charge in [0.1, 0.15) is 5.75 Å². The molecule has 0 bridgehead atoms. The van der Waals surface area contributed by atoms with Crippen LogP contribution in [0, 0.1) is 18.3 Å². The van der Waals surface area contributed by atoms with Crippen LogP contribution in [0.2, 0.25) is 0 Å². The lowest BCUT2D eigenvalue weighted by Crippen LogP contribution is -2.43. The molecule has 2 aromatic rings. The van der Waals surface area contributed by atoms with Gasteiger partial charge in [0.2, 0.25) is 10.0 Å². The summed E-state index contributed by atoms with van der Waals surface area (Å²) in [5.74, 6) is 0.321. The summed E-state index contributed by atoms with van der Waals surface area (Å²) in [6.45, 7) is 4.97. The third-order valence-corrected chi connectivity index (χ3v) is 6.98. The minimum atomic E-state index is -3.59. The number of aryl methyl sites for hydroxylation is 1. The van der Waals surface area contributed by atoms with Gasteiger partial charge in [0.15, 0.2) is 6.10 Å². The van der Waals surface area contributed by atoms with Crippen LogP contribution in [0.25, 0.3) is 0 Å². The second-order valence-electron chi connectivity index (χ2n) is 7.29. The Hall–Kier alpha value is -2.89. The first-order chi connectivity index (χ1) is 14.3. The summed E-state index contributed by atoms with van der Waals surface area (Å²) in [5, 5.41) is 8.86. The van der Waals surface area contributed by atoms with Crippen molar-refractivity contribution in [2.75, 3.05) is 26.2 Å². The van der Waals surface area contributed by atoms with Gasteiger partial charge in [-0.25, -0.2) is 8.42 Å². The molecule has 1 heterocycles. The van der Waals surface area contributed by atoms with Crippen molar-refractivity contribution in [3.8, 4) is 11.8 Å². The average molecular weight is 428 g/mol. The first-order valence-electron chi connectivity index (χ1n) is 9.83. The third kappa shape index (κ3) is 4.99. The molecular formula is C22H25N3O4S. The lowest BCUT2D eigenvalue weighted by Gasteiger charge is -2.25. The molecule has 1 saturated heterocycles. The molecule has 0 unspecified atom stereocenters. The number of amides is 1. The molecule has 0 spiro atoms. The molecule has 30 heavy (non-hydrogen) atoms. The second-order valence-corrected chi connectivity index (χ2v) is 9.23. The second kappa shape index (κ2) is 9.28. The molecule has 8 heteroatoms. The Bertz CT molecular complexity index is 1030. The van der Waals surface area contributed by atoms with E-state index in [1.807, 2.05) is 13.0 Å². The van der Waals surface area contributed by atoms with E-state index in [2.05, 4.69) is 0 Å². The molecule has 1 amide bonds. The highest BCUT2D eigenvalue weighted by Gasteiger charge is 2.30. The fourth-order valence-corrected chi connectivity index (χ4v) is 4.80. The largest absolute Gasteiger partial charge is 0.481 e. The normalized spacial score (nSPS) is 16.4. The van der Waals surface area contributed by atoms with Crippen LogP contribution in [0.5, 0.6) is 5.75 Å². The van der Waals surface area contributed by atoms with Gasteiger partial charge in [-0.05, 0) is 56.7 Å². The van der Waals surface area contributed by atoms with Gasteiger partial charge in [-0.3, -0.25) is 4.79 Å². The summed E-state index contributed by atoms with van der Waals surface area (Å²) in [6.07, 6.45) is -0.154. The van der Waals surface area contributed by atoms with Crippen LogP contribution in [-0.2, 0) is 14.8 Å². The van der Waals surface area contributed by atoms with Crippen molar-refractivity contribution in [1.29, 1.82) is 5.26 Å². The van der Waals surface area contributed by atoms with E-state index in [-0.39, 0.29) is 17.3 Å². The maximum atomic E-state index is 12.9. The monoisotopic (exact) mass is 427 g/mol. The third-order valence-electron chi connectivity index (χ3n) is 5.07. The SMILES string of the molecule is Cc1ccc(S(=O)(=O)N2CCCN(C(=O)[C@H](C)Oc3ccc(C#N)cc3)CC2)cc1. The van der Waals surface area contributed by atoms with Crippen molar-refractivity contribution in [3.05, 3.63) is 59.7 Å². The van der Waals surface area contributed by atoms with E-state index >= 15 is 0 Å². The maximum Gasteiger partial charge on any atom is 0.263 e. The number of nitriles is 1. The van der Waals surface area contributed by atoms with Crippen LogP contribution >= 0.6 is 0 Å². The van der Waals surface area contributed by atoms with Gasteiger partial charge in [0, 0.05) is 26.2 Å². The van der Waals surface area contributed by atoms with Crippen LogP contribution in [0.1, 0.15) is 24.5 Å². The number of rotatable bonds is 5. The van der Waals surface area contributed by atoms with Gasteiger partial charge in [0.05, 0.1) is 16.5 Å². The Kier molecular flexibility index (Phi) is 6.75. The number of ether oxygens (including phenoxy) is 1. The predicted molar refractivity (Wildman–Crippen MR) is 112 cm³/mol. The van der Waals surface area contributed by atoms with Crippen molar-refractivity contribution < 1.29 is 17.9 Å². The van der Waals surface area contributed by atoms with Crippen LogP contribution < -0.4 is 4.74 Å². The summed E-state index contributed by atoms with van der Waals surface area (Å²) in [4.78, 5) is 14.7. The fourth-order valence-electron chi connectivity index (χ4n) is 3.33. The topological polar surface area (TPSA) is 90.7 Å². The highest BCUT2D eigenvalue weighted by molar-refractivity contribution is 7.89. The number of nitrogens with zero attached hydrogens (tertiary/aromatic N) is 3. The lowest BCUT2D eigenvalue weighted by molar-refractivity contribution is -0.137. The van der Waals surface area contributed by atoms with Crippen molar-refractivity contribution in [3.63, 3.8) is 0 Å². The molecule has 0 aliphatic carbocycles. The Labute approximate surface area is 177 Å². The number of hydrogen-bond donors (Lipinski definition) is 0. The Morgan fingerprint density at radius 1 is 1.03 bits per heavy atom. The summed E-state index contributed by atoms with van der Waals surface area (Å²) in [6, 6.07) is 15.4. The summed E-state index contributed by atoms with van der Waals surface area (Å²) in [5.41, 5.74) is 1.52. The Balaban J connectivity index is 1.63. The van der Waals surface area contributed by atoms with E-state index in [0.717, 1.165) is 5.56 Å². The van der Waals surface area contributed by atoms with E-state index < -0.39 is 16.1 Å². The van der Waals surface area contributed by atoms with E-state index in [0.29, 0.717) is 37.4 Å². The number of carbonyl (C=O) groups is 1. The molecule has 158 valence electrons. The fraction of sp³-hybridized carbons (Fsp3) is 0.364. The van der Waals surface area contributed by atoms with Crippen molar-refractivity contribution in [2.24, 2.45) is 0 Å². The first kappa shape index (κ1) is 21.8. The van der Waals surface area contributed by atoms with Crippen LogP contribution in [0.3, 0.4) is 0 Å². The highest BCUT2D eigenvalue weighted by atomic mass is 32.2. The molecule has 1 atom stereocenters. The zero-order valence-electron chi connectivity index (χ0n) is 17.1. The number of benzene rings is 2. The van der Waals surface area contributed by atoms with Gasteiger partial charge in [-0.15, -0.1) is 0 Å². The van der Waals surface area contributed by atoms with E-state index in [4.69, 9.17) is 10.00 Å². The molecule has 0 radical (unpaired) electrons. The highest BCUT2D eigenvalue weighted by Crippen LogP contribution is 2.19. The van der Waals surface area contributed by atoms with Crippen molar-refractivity contribution in [1.82, 2.24) is 9.21 Å². The van der Waals surface area contributed by atoms with Gasteiger partial charge < -0.3 is 9.64 Å². The zero-order chi connectivity index (χ0) is 21.7. The van der Waals surface area contributed by atoms with E-state index in [1.54, 1.807) is 60.4 Å². The van der Waals surface area contributed by atoms with Crippen molar-refractivity contribution in [2.45, 2.75) is 31.3 Å². The number of sulfonamides is 1. The lowest BCUT2D eigenvalue weighted by atomic mass is 10.2. The average Bonchev–Trinajstić information content (AvgIpc) is 3.01. The predicted octanol–water partition coefficient (Wildman–Crippen LogP) is 2.56. The number of hydrogen-bond acceptors (Lipinski definition) is 5. The molecular weight excluding hydrogens is 402 g/mol. The molecule has 0 aromatic heterocycles. The molecule has 7 nitrogen and oxygen atoms in total. The molecule has 2 aromatic carbocycles. The summed E-state index contributed by atoms with van der Waals surface area (Å²) < 4.78 is 33.0. The molecule has 3 rings (SSSR count). The van der Waals surface area contributed by atoms with Gasteiger partial charge in [0.25, 0.3) is 5.91 Å². The van der Waals surface area contributed by atoms with Crippen LogP contribution in [0.4, 0.5) is 0 Å². The first-order valence-corrected chi connectivity index (χ1v) is 11.3. The summed E-state index contributed by atoms with van der Waals surface area (Å²) >= 11 is 0. The van der Waals surface area contributed by atoms with E-state index in [1.165, 1.54) is 4.31 Å². The minimum Gasteiger partial charge on any atom is -0.481 e. The van der Waals surface area contributed by atoms with Gasteiger partial charge in [-0.2, -0.15) is 9.57 Å². The molecule has 0 saturated carbocycles.